The van der Waals surface area contributed by atoms with E-state index in [1.54, 1.807) is 12.1 Å². The van der Waals surface area contributed by atoms with Crippen molar-refractivity contribution in [3.63, 3.8) is 0 Å². The number of amides is 1. The van der Waals surface area contributed by atoms with Crippen LogP contribution in [0, 0.1) is 5.92 Å². The minimum atomic E-state index is -0.0368. The maximum atomic E-state index is 12.5. The number of halogens is 1. The van der Waals surface area contributed by atoms with E-state index in [2.05, 4.69) is 20.8 Å². The van der Waals surface area contributed by atoms with Crippen LogP contribution in [0.5, 0.6) is 5.75 Å². The van der Waals surface area contributed by atoms with Crippen LogP contribution in [0.3, 0.4) is 0 Å². The van der Waals surface area contributed by atoms with Crippen LogP contribution in [0.1, 0.15) is 12.8 Å². The van der Waals surface area contributed by atoms with Crippen molar-refractivity contribution in [3.8, 4) is 16.9 Å². The summed E-state index contributed by atoms with van der Waals surface area (Å²) in [7, 11) is 0. The number of H-pyrrole nitrogens is 1. The van der Waals surface area contributed by atoms with E-state index < -0.39 is 0 Å². The number of hydrogen-bond acceptors (Lipinski definition) is 4. The molecule has 2 aromatic carbocycles. The van der Waals surface area contributed by atoms with Crippen LogP contribution in [-0.2, 0) is 4.79 Å². The number of phenolic OH excluding ortho intramolecular Hbond substituents is 1. The molecule has 1 aliphatic rings. The number of aromatic hydroxyl groups is 1. The highest BCUT2D eigenvalue weighted by Gasteiger charge is 2.22. The number of aromatic nitrogens is 2. The normalized spacial score (nSPS) is 17.3. The lowest BCUT2D eigenvalue weighted by Gasteiger charge is -2.21. The zero-order chi connectivity index (χ0) is 18.1. The van der Waals surface area contributed by atoms with E-state index in [0.717, 1.165) is 41.4 Å². The molecule has 1 amide bonds. The van der Waals surface area contributed by atoms with Crippen molar-refractivity contribution in [2.24, 2.45) is 5.92 Å². The van der Waals surface area contributed by atoms with Gasteiger partial charge in [0.2, 0.25) is 5.91 Å². The highest BCUT2D eigenvalue weighted by molar-refractivity contribution is 6.33. The first-order chi connectivity index (χ1) is 12.6. The molecule has 1 aromatic heterocycles. The van der Waals surface area contributed by atoms with Crippen LogP contribution in [-0.4, -0.2) is 34.3 Å². The minimum Gasteiger partial charge on any atom is -0.508 e. The Labute approximate surface area is 155 Å². The smallest absolute Gasteiger partial charge is 0.229 e. The Balaban J connectivity index is 1.65. The van der Waals surface area contributed by atoms with Gasteiger partial charge in [-0.25, -0.2) is 0 Å². The molecule has 1 unspecified atom stereocenters. The topological polar surface area (TPSA) is 90.0 Å². The number of aromatic amines is 1. The summed E-state index contributed by atoms with van der Waals surface area (Å²) in [5.74, 6) is 0.591. The summed E-state index contributed by atoms with van der Waals surface area (Å²) in [5, 5.41) is 24.2. The second-order valence-corrected chi connectivity index (χ2v) is 6.94. The molecular formula is C19H19ClN4O2. The molecule has 6 nitrogen and oxygen atoms in total. The van der Waals surface area contributed by atoms with Gasteiger partial charge in [-0.1, -0.05) is 17.7 Å². The summed E-state index contributed by atoms with van der Waals surface area (Å²) in [6.07, 6.45) is 1.89. The summed E-state index contributed by atoms with van der Waals surface area (Å²) in [6.45, 7) is 1.66. The number of nitrogens with one attached hydrogen (secondary N) is 3. The molecule has 1 aliphatic heterocycles. The molecule has 4 N–H and O–H groups in total. The number of carbonyl (C=O) groups is 1. The van der Waals surface area contributed by atoms with Crippen molar-refractivity contribution in [1.82, 2.24) is 15.5 Å². The quantitative estimate of drug-likeness (QED) is 0.567. The lowest BCUT2D eigenvalue weighted by Crippen LogP contribution is -2.37. The molecule has 0 spiro atoms. The minimum absolute atomic E-state index is 0.0151. The SMILES string of the molecule is O=C(Nc1n[nH]c2ccc(-c3ccc(O)cc3Cl)cc12)C1CCCNC1. The number of benzene rings is 2. The van der Waals surface area contributed by atoms with Crippen LogP contribution in [0.4, 0.5) is 5.82 Å². The molecule has 7 heteroatoms. The lowest BCUT2D eigenvalue weighted by atomic mass is 9.99. The monoisotopic (exact) mass is 370 g/mol. The van der Waals surface area contributed by atoms with Gasteiger partial charge in [0, 0.05) is 17.5 Å². The molecule has 26 heavy (non-hydrogen) atoms. The molecule has 0 radical (unpaired) electrons. The fraction of sp³-hybridized carbons (Fsp3) is 0.263. The number of nitrogens with zero attached hydrogens (tertiary/aromatic N) is 1. The number of carbonyl (C=O) groups excluding carboxylic acids is 1. The second-order valence-electron chi connectivity index (χ2n) is 6.53. The van der Waals surface area contributed by atoms with Crippen molar-refractivity contribution < 1.29 is 9.90 Å². The van der Waals surface area contributed by atoms with Crippen molar-refractivity contribution in [2.75, 3.05) is 18.4 Å². The van der Waals surface area contributed by atoms with Gasteiger partial charge in [-0.3, -0.25) is 9.89 Å². The Morgan fingerprint density at radius 2 is 2.15 bits per heavy atom. The molecular weight excluding hydrogens is 352 g/mol. The maximum absolute atomic E-state index is 12.5. The van der Waals surface area contributed by atoms with Gasteiger partial charge in [0.05, 0.1) is 16.5 Å². The Kier molecular flexibility index (Phi) is 4.53. The summed E-state index contributed by atoms with van der Waals surface area (Å²) >= 11 is 6.25. The number of phenols is 1. The maximum Gasteiger partial charge on any atom is 0.229 e. The van der Waals surface area contributed by atoms with E-state index in [9.17, 15) is 9.90 Å². The van der Waals surface area contributed by atoms with Gasteiger partial charge in [0.1, 0.15) is 5.75 Å². The molecule has 0 saturated carbocycles. The number of anilines is 1. The summed E-state index contributed by atoms with van der Waals surface area (Å²) in [5.41, 5.74) is 2.53. The first-order valence-corrected chi connectivity index (χ1v) is 8.98. The average Bonchev–Trinajstić information content (AvgIpc) is 3.04. The summed E-state index contributed by atoms with van der Waals surface area (Å²) in [4.78, 5) is 12.5. The van der Waals surface area contributed by atoms with Crippen molar-refractivity contribution >= 4 is 34.2 Å². The van der Waals surface area contributed by atoms with Gasteiger partial charge in [-0.15, -0.1) is 0 Å². The number of rotatable bonds is 3. The third-order valence-electron chi connectivity index (χ3n) is 4.74. The van der Waals surface area contributed by atoms with Crippen molar-refractivity contribution in [3.05, 3.63) is 41.4 Å². The largest absolute Gasteiger partial charge is 0.508 e. The highest BCUT2D eigenvalue weighted by Crippen LogP contribution is 2.33. The third kappa shape index (κ3) is 3.25. The van der Waals surface area contributed by atoms with Crippen LogP contribution < -0.4 is 10.6 Å². The molecule has 1 atom stereocenters. The van der Waals surface area contributed by atoms with Crippen LogP contribution in [0.15, 0.2) is 36.4 Å². The van der Waals surface area contributed by atoms with Crippen LogP contribution in [0.25, 0.3) is 22.0 Å². The molecule has 1 fully saturated rings. The predicted molar refractivity (Wildman–Crippen MR) is 102 cm³/mol. The number of fused-ring (bicyclic) bond motifs is 1. The summed E-state index contributed by atoms with van der Waals surface area (Å²) in [6, 6.07) is 10.6. The summed E-state index contributed by atoms with van der Waals surface area (Å²) < 4.78 is 0. The van der Waals surface area contributed by atoms with Gasteiger partial charge in [-0.2, -0.15) is 5.10 Å². The first-order valence-electron chi connectivity index (χ1n) is 8.60. The van der Waals surface area contributed by atoms with E-state index in [1.807, 2.05) is 18.2 Å². The molecule has 0 bridgehead atoms. The molecule has 3 aromatic rings. The molecule has 4 rings (SSSR count). The standard InChI is InChI=1S/C19H19ClN4O2/c20-16-9-13(25)4-5-14(16)11-3-6-17-15(8-11)18(24-23-17)22-19(26)12-2-1-7-21-10-12/h3-6,8-9,12,21,25H,1-2,7,10H2,(H2,22,23,24,26). The molecule has 134 valence electrons. The fourth-order valence-electron chi connectivity index (χ4n) is 3.31. The van der Waals surface area contributed by atoms with Gasteiger partial charge in [-0.05, 0) is 55.3 Å². The van der Waals surface area contributed by atoms with Gasteiger partial charge in [0.25, 0.3) is 0 Å². The average molecular weight is 371 g/mol. The van der Waals surface area contributed by atoms with Gasteiger partial charge < -0.3 is 15.7 Å². The van der Waals surface area contributed by atoms with Crippen LogP contribution in [0.2, 0.25) is 5.02 Å². The zero-order valence-electron chi connectivity index (χ0n) is 14.1. The predicted octanol–water partition coefficient (Wildman–Crippen LogP) is 3.53. The van der Waals surface area contributed by atoms with Gasteiger partial charge >= 0.3 is 0 Å². The number of hydrogen-bond donors (Lipinski definition) is 4. The lowest BCUT2D eigenvalue weighted by molar-refractivity contribution is -0.120. The number of piperidine rings is 1. The Morgan fingerprint density at radius 3 is 2.92 bits per heavy atom. The highest BCUT2D eigenvalue weighted by atomic mass is 35.5. The molecule has 0 aliphatic carbocycles. The fourth-order valence-corrected chi connectivity index (χ4v) is 3.59. The van der Waals surface area contributed by atoms with E-state index >= 15 is 0 Å². The Morgan fingerprint density at radius 1 is 1.27 bits per heavy atom. The van der Waals surface area contributed by atoms with Crippen molar-refractivity contribution in [1.29, 1.82) is 0 Å². The third-order valence-corrected chi connectivity index (χ3v) is 5.05. The van der Waals surface area contributed by atoms with Crippen LogP contribution >= 0.6 is 11.6 Å². The molecule has 1 saturated heterocycles. The van der Waals surface area contributed by atoms with E-state index in [-0.39, 0.29) is 17.6 Å². The molecule has 2 heterocycles. The van der Waals surface area contributed by atoms with Crippen molar-refractivity contribution in [2.45, 2.75) is 12.8 Å². The van der Waals surface area contributed by atoms with Gasteiger partial charge in [0.15, 0.2) is 5.82 Å². The Hall–Kier alpha value is -2.57. The second kappa shape index (κ2) is 6.97. The zero-order valence-corrected chi connectivity index (χ0v) is 14.8. The van der Waals surface area contributed by atoms with E-state index in [4.69, 9.17) is 11.6 Å². The Bertz CT molecular complexity index is 963. The first kappa shape index (κ1) is 16.9. The van der Waals surface area contributed by atoms with E-state index in [1.165, 1.54) is 6.07 Å². The van der Waals surface area contributed by atoms with E-state index in [0.29, 0.717) is 17.4 Å².